The molecule has 1 atom stereocenters. The van der Waals surface area contributed by atoms with Crippen LogP contribution in [-0.4, -0.2) is 36.2 Å². The molecule has 1 aliphatic heterocycles. The van der Waals surface area contributed by atoms with E-state index >= 15 is 0 Å². The zero-order valence-corrected chi connectivity index (χ0v) is 11.5. The van der Waals surface area contributed by atoms with Gasteiger partial charge < -0.3 is 9.84 Å². The van der Waals surface area contributed by atoms with Crippen molar-refractivity contribution in [3.63, 3.8) is 0 Å². The summed E-state index contributed by atoms with van der Waals surface area (Å²) in [6, 6.07) is 8.35. The molecule has 0 spiro atoms. The van der Waals surface area contributed by atoms with Crippen LogP contribution in [0.15, 0.2) is 24.3 Å². The van der Waals surface area contributed by atoms with Crippen LogP contribution in [0.25, 0.3) is 0 Å². The van der Waals surface area contributed by atoms with Crippen LogP contribution in [0.3, 0.4) is 0 Å². The number of carboxylic acids is 1. The van der Waals surface area contributed by atoms with Crippen LogP contribution < -0.4 is 0 Å². The SMILES string of the molecule is COCc1cccc(CN2CC(C(C)C(=O)O)C2)c1. The Labute approximate surface area is 114 Å². The summed E-state index contributed by atoms with van der Waals surface area (Å²) in [5.41, 5.74) is 2.44. The number of aliphatic carboxylic acids is 1. The molecule has 2 rings (SSSR count). The topological polar surface area (TPSA) is 49.8 Å². The molecular formula is C15H21NO3. The van der Waals surface area contributed by atoms with Gasteiger partial charge in [0.05, 0.1) is 12.5 Å². The Balaban J connectivity index is 1.84. The summed E-state index contributed by atoms with van der Waals surface area (Å²) in [7, 11) is 1.69. The number of hydrogen-bond acceptors (Lipinski definition) is 3. The van der Waals surface area contributed by atoms with E-state index in [-0.39, 0.29) is 5.92 Å². The minimum absolute atomic E-state index is 0.240. The third-order valence-electron chi connectivity index (χ3n) is 3.79. The fraction of sp³-hybridized carbons (Fsp3) is 0.533. The van der Waals surface area contributed by atoms with E-state index in [0.717, 1.165) is 19.6 Å². The highest BCUT2D eigenvalue weighted by molar-refractivity contribution is 5.70. The smallest absolute Gasteiger partial charge is 0.306 e. The normalized spacial score (nSPS) is 18.0. The molecular weight excluding hydrogens is 242 g/mol. The number of likely N-dealkylation sites (tertiary alicyclic amines) is 1. The molecule has 1 N–H and O–H groups in total. The van der Waals surface area contributed by atoms with Crippen molar-refractivity contribution in [2.45, 2.75) is 20.1 Å². The van der Waals surface area contributed by atoms with Crippen LogP contribution in [0, 0.1) is 11.8 Å². The second-order valence-corrected chi connectivity index (χ2v) is 5.33. The van der Waals surface area contributed by atoms with E-state index in [2.05, 4.69) is 23.1 Å². The van der Waals surface area contributed by atoms with Crippen LogP contribution in [0.2, 0.25) is 0 Å². The fourth-order valence-corrected chi connectivity index (χ4v) is 2.50. The molecule has 19 heavy (non-hydrogen) atoms. The van der Waals surface area contributed by atoms with Crippen LogP contribution in [0.4, 0.5) is 0 Å². The second-order valence-electron chi connectivity index (χ2n) is 5.33. The first-order valence-electron chi connectivity index (χ1n) is 6.62. The zero-order valence-electron chi connectivity index (χ0n) is 11.5. The van der Waals surface area contributed by atoms with Crippen molar-refractivity contribution in [2.24, 2.45) is 11.8 Å². The Kier molecular flexibility index (Phi) is 4.56. The van der Waals surface area contributed by atoms with Gasteiger partial charge in [-0.1, -0.05) is 31.2 Å². The minimum Gasteiger partial charge on any atom is -0.481 e. The van der Waals surface area contributed by atoms with Gasteiger partial charge in [0.1, 0.15) is 0 Å². The summed E-state index contributed by atoms with van der Waals surface area (Å²) < 4.78 is 5.12. The molecule has 4 nitrogen and oxygen atoms in total. The summed E-state index contributed by atoms with van der Waals surface area (Å²) in [5, 5.41) is 8.96. The Morgan fingerprint density at radius 2 is 2.16 bits per heavy atom. The Morgan fingerprint density at radius 3 is 2.79 bits per heavy atom. The summed E-state index contributed by atoms with van der Waals surface area (Å²) in [6.07, 6.45) is 0. The highest BCUT2D eigenvalue weighted by atomic mass is 16.5. The summed E-state index contributed by atoms with van der Waals surface area (Å²) in [5.74, 6) is -0.637. The predicted molar refractivity (Wildman–Crippen MR) is 72.7 cm³/mol. The van der Waals surface area contributed by atoms with E-state index in [1.165, 1.54) is 11.1 Å². The van der Waals surface area contributed by atoms with Crippen LogP contribution in [-0.2, 0) is 22.7 Å². The average Bonchev–Trinajstić information content (AvgIpc) is 2.33. The number of carbonyl (C=O) groups is 1. The van der Waals surface area contributed by atoms with Crippen molar-refractivity contribution in [1.29, 1.82) is 0 Å². The number of hydrogen-bond donors (Lipinski definition) is 1. The molecule has 1 saturated heterocycles. The van der Waals surface area contributed by atoms with Gasteiger partial charge >= 0.3 is 5.97 Å². The summed E-state index contributed by atoms with van der Waals surface area (Å²) in [4.78, 5) is 13.2. The molecule has 1 aromatic carbocycles. The first kappa shape index (κ1) is 14.0. The molecule has 4 heteroatoms. The zero-order chi connectivity index (χ0) is 13.8. The molecule has 0 radical (unpaired) electrons. The largest absolute Gasteiger partial charge is 0.481 e. The lowest BCUT2D eigenvalue weighted by Crippen LogP contribution is -2.50. The highest BCUT2D eigenvalue weighted by Crippen LogP contribution is 2.25. The molecule has 1 aliphatic rings. The molecule has 0 saturated carbocycles. The van der Waals surface area contributed by atoms with Crippen molar-refractivity contribution in [3.8, 4) is 0 Å². The van der Waals surface area contributed by atoms with Gasteiger partial charge in [-0.05, 0) is 17.0 Å². The first-order chi connectivity index (χ1) is 9.10. The maximum absolute atomic E-state index is 10.9. The fourth-order valence-electron chi connectivity index (χ4n) is 2.50. The van der Waals surface area contributed by atoms with Crippen molar-refractivity contribution >= 4 is 5.97 Å². The average molecular weight is 263 g/mol. The Morgan fingerprint density at radius 1 is 1.47 bits per heavy atom. The van der Waals surface area contributed by atoms with Gasteiger partial charge in [0.2, 0.25) is 0 Å². The lowest BCUT2D eigenvalue weighted by molar-refractivity contribution is -0.145. The van der Waals surface area contributed by atoms with Crippen LogP contribution in [0.1, 0.15) is 18.1 Å². The number of rotatable bonds is 6. The Hall–Kier alpha value is -1.39. The van der Waals surface area contributed by atoms with Crippen LogP contribution in [0.5, 0.6) is 0 Å². The number of benzene rings is 1. The third-order valence-corrected chi connectivity index (χ3v) is 3.79. The number of carboxylic acid groups (broad SMARTS) is 1. The molecule has 104 valence electrons. The van der Waals surface area contributed by atoms with Gasteiger partial charge in [-0.15, -0.1) is 0 Å². The van der Waals surface area contributed by atoms with Gasteiger partial charge in [0.15, 0.2) is 0 Å². The monoisotopic (exact) mass is 263 g/mol. The van der Waals surface area contributed by atoms with E-state index in [4.69, 9.17) is 9.84 Å². The van der Waals surface area contributed by atoms with E-state index in [1.807, 2.05) is 6.07 Å². The van der Waals surface area contributed by atoms with Crippen molar-refractivity contribution in [3.05, 3.63) is 35.4 Å². The molecule has 1 fully saturated rings. The minimum atomic E-state index is -0.688. The van der Waals surface area contributed by atoms with Gasteiger partial charge in [-0.3, -0.25) is 9.69 Å². The Bertz CT molecular complexity index is 441. The number of methoxy groups -OCH3 is 1. The van der Waals surface area contributed by atoms with E-state index in [9.17, 15) is 4.79 Å². The molecule has 1 heterocycles. The van der Waals surface area contributed by atoms with E-state index < -0.39 is 5.97 Å². The lowest BCUT2D eigenvalue weighted by Gasteiger charge is -2.41. The highest BCUT2D eigenvalue weighted by Gasteiger charge is 2.34. The lowest BCUT2D eigenvalue weighted by atomic mass is 9.87. The van der Waals surface area contributed by atoms with Gasteiger partial charge in [-0.25, -0.2) is 0 Å². The van der Waals surface area contributed by atoms with Crippen molar-refractivity contribution in [1.82, 2.24) is 4.90 Å². The predicted octanol–water partition coefficient (Wildman–Crippen LogP) is 1.99. The van der Waals surface area contributed by atoms with Crippen molar-refractivity contribution in [2.75, 3.05) is 20.2 Å². The summed E-state index contributed by atoms with van der Waals surface area (Å²) >= 11 is 0. The molecule has 0 aliphatic carbocycles. The van der Waals surface area contributed by atoms with Gasteiger partial charge in [-0.2, -0.15) is 0 Å². The third kappa shape index (κ3) is 3.55. The molecule has 0 bridgehead atoms. The van der Waals surface area contributed by atoms with E-state index in [1.54, 1.807) is 14.0 Å². The molecule has 1 aromatic rings. The standard InChI is InChI=1S/C15H21NO3/c1-11(15(17)18)14-8-16(9-14)7-12-4-3-5-13(6-12)10-19-2/h3-6,11,14H,7-10H2,1-2H3,(H,17,18). The quantitative estimate of drug-likeness (QED) is 0.852. The first-order valence-corrected chi connectivity index (χ1v) is 6.62. The summed E-state index contributed by atoms with van der Waals surface area (Å²) in [6.45, 7) is 5.07. The molecule has 1 unspecified atom stereocenters. The maximum atomic E-state index is 10.9. The number of ether oxygens (including phenoxy) is 1. The molecule has 0 aromatic heterocycles. The second kappa shape index (κ2) is 6.17. The van der Waals surface area contributed by atoms with Crippen LogP contribution >= 0.6 is 0 Å². The van der Waals surface area contributed by atoms with Crippen molar-refractivity contribution < 1.29 is 14.6 Å². The van der Waals surface area contributed by atoms with E-state index in [0.29, 0.717) is 12.5 Å². The number of nitrogens with zero attached hydrogens (tertiary/aromatic N) is 1. The molecule has 0 amide bonds. The van der Waals surface area contributed by atoms with Gasteiger partial charge in [0.25, 0.3) is 0 Å². The maximum Gasteiger partial charge on any atom is 0.306 e. The van der Waals surface area contributed by atoms with Gasteiger partial charge in [0, 0.05) is 26.7 Å².